The number of imide groups is 1. The van der Waals surface area contributed by atoms with E-state index < -0.39 is 5.41 Å². The van der Waals surface area contributed by atoms with Crippen molar-refractivity contribution in [1.29, 1.82) is 0 Å². The topological polar surface area (TPSA) is 46.2 Å². The third-order valence-electron chi connectivity index (χ3n) is 3.57. The smallest absolute Gasteiger partial charge is 0.254 e. The molecule has 0 saturated carbocycles. The Kier molecular flexibility index (Phi) is 4.27. The largest absolute Gasteiger partial charge is 0.292 e. The van der Waals surface area contributed by atoms with Gasteiger partial charge in [0, 0.05) is 5.57 Å². The number of nitrogens with one attached hydrogen (secondary N) is 1. The van der Waals surface area contributed by atoms with Gasteiger partial charge in [-0.25, -0.2) is 0 Å². The van der Waals surface area contributed by atoms with Gasteiger partial charge in [-0.05, 0) is 12.8 Å². The zero-order chi connectivity index (χ0) is 12.2. The molecule has 1 aliphatic heterocycles. The molecule has 16 heavy (non-hydrogen) atoms. The van der Waals surface area contributed by atoms with Crippen molar-refractivity contribution in [2.24, 2.45) is 5.41 Å². The van der Waals surface area contributed by atoms with Crippen LogP contribution in [-0.2, 0) is 9.59 Å². The molecule has 1 N–H and O–H groups in total. The predicted molar refractivity (Wildman–Crippen MR) is 63.8 cm³/mol. The van der Waals surface area contributed by atoms with Crippen LogP contribution in [0.5, 0.6) is 0 Å². The molecule has 0 spiro atoms. The van der Waals surface area contributed by atoms with Gasteiger partial charge in [-0.2, -0.15) is 0 Å². The van der Waals surface area contributed by atoms with Crippen molar-refractivity contribution >= 4 is 11.8 Å². The molecule has 0 bridgehead atoms. The zero-order valence-corrected chi connectivity index (χ0v) is 10.3. The van der Waals surface area contributed by atoms with Crippen LogP contribution in [-0.4, -0.2) is 11.8 Å². The molecule has 1 aliphatic rings. The molecule has 3 heteroatoms. The lowest BCUT2D eigenvalue weighted by Gasteiger charge is -2.24. The fraction of sp³-hybridized carbons (Fsp3) is 0.692. The van der Waals surface area contributed by atoms with Gasteiger partial charge >= 0.3 is 0 Å². The minimum Gasteiger partial charge on any atom is -0.292 e. The third kappa shape index (κ3) is 2.18. The molecule has 1 saturated heterocycles. The molecule has 0 radical (unpaired) electrons. The van der Waals surface area contributed by atoms with Gasteiger partial charge in [0.25, 0.3) is 5.91 Å². The first-order chi connectivity index (χ1) is 7.58. The maximum Gasteiger partial charge on any atom is 0.254 e. The summed E-state index contributed by atoms with van der Waals surface area (Å²) in [5, 5.41) is 2.37. The van der Waals surface area contributed by atoms with E-state index in [2.05, 4.69) is 18.8 Å². The number of hydrogen-bond acceptors (Lipinski definition) is 2. The van der Waals surface area contributed by atoms with Crippen molar-refractivity contribution in [3.8, 4) is 0 Å². The summed E-state index contributed by atoms with van der Waals surface area (Å²) < 4.78 is 0. The van der Waals surface area contributed by atoms with Crippen molar-refractivity contribution in [2.75, 3.05) is 0 Å². The lowest BCUT2D eigenvalue weighted by atomic mass is 9.75. The highest BCUT2D eigenvalue weighted by Gasteiger charge is 2.47. The number of hydrogen-bond donors (Lipinski definition) is 1. The average Bonchev–Trinajstić information content (AvgIpc) is 2.48. The summed E-state index contributed by atoms with van der Waals surface area (Å²) in [5.41, 5.74) is -0.165. The second-order valence-corrected chi connectivity index (χ2v) is 4.51. The Morgan fingerprint density at radius 1 is 1.19 bits per heavy atom. The van der Waals surface area contributed by atoms with Gasteiger partial charge in [-0.1, -0.05) is 46.1 Å². The molecule has 90 valence electrons. The van der Waals surface area contributed by atoms with Crippen LogP contribution in [0, 0.1) is 5.41 Å². The summed E-state index contributed by atoms with van der Waals surface area (Å²) in [4.78, 5) is 23.2. The molecule has 1 heterocycles. The number of rotatable bonds is 6. The van der Waals surface area contributed by atoms with Gasteiger partial charge in [-0.3, -0.25) is 14.9 Å². The standard InChI is InChI=1S/C13H21NO2/c1-4-6-7-8-9-13(5-2)10(3)11(15)14-12(13)16/h3-9H2,1-2H3,(H,14,15,16). The molecule has 1 unspecified atom stereocenters. The molecule has 1 fully saturated rings. The lowest BCUT2D eigenvalue weighted by molar-refractivity contribution is -0.128. The highest BCUT2D eigenvalue weighted by atomic mass is 16.2. The molecular weight excluding hydrogens is 202 g/mol. The van der Waals surface area contributed by atoms with Crippen LogP contribution in [0.15, 0.2) is 12.2 Å². The number of carbonyl (C=O) groups is 2. The van der Waals surface area contributed by atoms with Gasteiger partial charge in [0.05, 0.1) is 5.41 Å². The maximum atomic E-state index is 11.8. The molecule has 3 nitrogen and oxygen atoms in total. The molecule has 0 aliphatic carbocycles. The molecule has 0 aromatic carbocycles. The molecular formula is C13H21NO2. The van der Waals surface area contributed by atoms with E-state index in [9.17, 15) is 9.59 Å². The van der Waals surface area contributed by atoms with E-state index in [-0.39, 0.29) is 11.8 Å². The van der Waals surface area contributed by atoms with Gasteiger partial charge in [0.2, 0.25) is 5.91 Å². The van der Waals surface area contributed by atoms with E-state index in [1.54, 1.807) is 0 Å². The summed E-state index contributed by atoms with van der Waals surface area (Å²) >= 11 is 0. The average molecular weight is 223 g/mol. The van der Waals surface area contributed by atoms with Crippen molar-refractivity contribution in [3.05, 3.63) is 12.2 Å². The summed E-state index contributed by atoms with van der Waals surface area (Å²) in [6.45, 7) is 7.88. The van der Waals surface area contributed by atoms with E-state index >= 15 is 0 Å². The van der Waals surface area contributed by atoms with E-state index in [1.165, 1.54) is 12.8 Å². The molecule has 1 rings (SSSR count). The summed E-state index contributed by atoms with van der Waals surface area (Å²) in [6.07, 6.45) is 5.87. The van der Waals surface area contributed by atoms with Crippen LogP contribution in [0.3, 0.4) is 0 Å². The highest BCUT2D eigenvalue weighted by Crippen LogP contribution is 2.40. The first-order valence-corrected chi connectivity index (χ1v) is 6.13. The number of carbonyl (C=O) groups excluding carboxylic acids is 2. The van der Waals surface area contributed by atoms with Crippen LogP contribution < -0.4 is 5.32 Å². The highest BCUT2D eigenvalue weighted by molar-refractivity contribution is 6.16. The predicted octanol–water partition coefficient (Wildman–Crippen LogP) is 2.57. The molecule has 0 aromatic heterocycles. The van der Waals surface area contributed by atoms with Gasteiger partial charge in [0.15, 0.2) is 0 Å². The lowest BCUT2D eigenvalue weighted by Crippen LogP contribution is -2.31. The van der Waals surface area contributed by atoms with E-state index in [0.717, 1.165) is 19.3 Å². The van der Waals surface area contributed by atoms with Gasteiger partial charge in [-0.15, -0.1) is 0 Å². The Morgan fingerprint density at radius 2 is 1.88 bits per heavy atom. The molecule has 2 amide bonds. The maximum absolute atomic E-state index is 11.8. The Balaban J connectivity index is 2.66. The van der Waals surface area contributed by atoms with Crippen LogP contribution in [0.2, 0.25) is 0 Å². The fourth-order valence-corrected chi connectivity index (χ4v) is 2.32. The SMILES string of the molecule is C=C1C(=O)NC(=O)C1(CC)CCCCCC. The molecule has 0 aromatic rings. The fourth-order valence-electron chi connectivity index (χ4n) is 2.32. The summed E-state index contributed by atoms with van der Waals surface area (Å²) in [7, 11) is 0. The van der Waals surface area contributed by atoms with E-state index in [0.29, 0.717) is 12.0 Å². The van der Waals surface area contributed by atoms with Crippen LogP contribution in [0.25, 0.3) is 0 Å². The summed E-state index contributed by atoms with van der Waals surface area (Å²) in [5.74, 6) is -0.441. The monoisotopic (exact) mass is 223 g/mol. The van der Waals surface area contributed by atoms with Crippen molar-refractivity contribution in [3.63, 3.8) is 0 Å². The Morgan fingerprint density at radius 3 is 2.31 bits per heavy atom. The normalized spacial score (nSPS) is 25.0. The van der Waals surface area contributed by atoms with Crippen molar-refractivity contribution in [2.45, 2.75) is 52.4 Å². The van der Waals surface area contributed by atoms with Crippen LogP contribution in [0.1, 0.15) is 52.4 Å². The minimum absolute atomic E-state index is 0.151. The van der Waals surface area contributed by atoms with Crippen LogP contribution in [0.4, 0.5) is 0 Å². The Bertz CT molecular complexity index is 309. The first-order valence-electron chi connectivity index (χ1n) is 6.13. The third-order valence-corrected chi connectivity index (χ3v) is 3.57. The van der Waals surface area contributed by atoms with Gasteiger partial charge in [0.1, 0.15) is 0 Å². The van der Waals surface area contributed by atoms with Gasteiger partial charge < -0.3 is 0 Å². The van der Waals surface area contributed by atoms with E-state index in [1.807, 2.05) is 6.92 Å². The second kappa shape index (κ2) is 5.28. The van der Waals surface area contributed by atoms with Crippen LogP contribution >= 0.6 is 0 Å². The minimum atomic E-state index is -0.620. The van der Waals surface area contributed by atoms with Crippen molar-refractivity contribution < 1.29 is 9.59 Å². The Hall–Kier alpha value is -1.12. The Labute approximate surface area is 97.3 Å². The number of amides is 2. The zero-order valence-electron chi connectivity index (χ0n) is 10.3. The van der Waals surface area contributed by atoms with E-state index in [4.69, 9.17) is 0 Å². The van der Waals surface area contributed by atoms with Crippen molar-refractivity contribution in [1.82, 2.24) is 5.32 Å². The molecule has 1 atom stereocenters. The second-order valence-electron chi connectivity index (χ2n) is 4.51. The number of unbranched alkanes of at least 4 members (excludes halogenated alkanes) is 3. The quantitative estimate of drug-likeness (QED) is 0.427. The first kappa shape index (κ1) is 12.9. The summed E-state index contributed by atoms with van der Waals surface area (Å²) in [6, 6.07) is 0.